The molecule has 0 radical (unpaired) electrons. The van der Waals surface area contributed by atoms with Crippen LogP contribution >= 0.6 is 34.8 Å². The zero-order chi connectivity index (χ0) is 15.5. The van der Waals surface area contributed by atoms with Crippen molar-refractivity contribution in [3.63, 3.8) is 0 Å². The molecule has 0 aliphatic rings. The van der Waals surface area contributed by atoms with Crippen LogP contribution in [0, 0.1) is 0 Å². The second-order valence-electron chi connectivity index (χ2n) is 4.99. The van der Waals surface area contributed by atoms with Crippen LogP contribution in [0.25, 0.3) is 0 Å². The Balaban J connectivity index is 2.48. The van der Waals surface area contributed by atoms with Crippen molar-refractivity contribution < 1.29 is 10.2 Å². The molecule has 2 aromatic rings. The van der Waals surface area contributed by atoms with Crippen molar-refractivity contribution in [1.29, 1.82) is 0 Å². The van der Waals surface area contributed by atoms with Crippen LogP contribution in [0.15, 0.2) is 42.5 Å². The first-order valence-electron chi connectivity index (χ1n) is 6.43. The Morgan fingerprint density at radius 1 is 0.857 bits per heavy atom. The molecule has 0 aromatic heterocycles. The fourth-order valence-corrected chi connectivity index (χ4v) is 3.08. The van der Waals surface area contributed by atoms with E-state index < -0.39 is 5.41 Å². The molecule has 2 N–H and O–H groups in total. The van der Waals surface area contributed by atoms with E-state index in [4.69, 9.17) is 34.8 Å². The van der Waals surface area contributed by atoms with Gasteiger partial charge in [0, 0.05) is 20.5 Å². The minimum Gasteiger partial charge on any atom is -0.395 e. The van der Waals surface area contributed by atoms with Crippen LogP contribution in [0.2, 0.25) is 15.1 Å². The fourth-order valence-electron chi connectivity index (χ4n) is 2.36. The predicted molar refractivity (Wildman–Crippen MR) is 87.5 cm³/mol. The van der Waals surface area contributed by atoms with Gasteiger partial charge in [-0.25, -0.2) is 0 Å². The number of rotatable bonds is 5. The number of hydrogen-bond donors (Lipinski definition) is 2. The SMILES string of the molecule is OCC(CO)(Cc1cc(Cl)ccc1Cl)c1ccccc1Cl. The number of benzene rings is 2. The molecule has 0 amide bonds. The Morgan fingerprint density at radius 3 is 2.14 bits per heavy atom. The van der Waals surface area contributed by atoms with E-state index in [9.17, 15) is 10.2 Å². The third-order valence-corrected chi connectivity index (χ3v) is 4.52. The minimum atomic E-state index is -0.910. The van der Waals surface area contributed by atoms with Crippen molar-refractivity contribution in [3.8, 4) is 0 Å². The molecule has 0 aliphatic carbocycles. The van der Waals surface area contributed by atoms with E-state index in [0.717, 1.165) is 5.56 Å². The quantitative estimate of drug-likeness (QED) is 0.856. The van der Waals surface area contributed by atoms with Gasteiger partial charge in [-0.3, -0.25) is 0 Å². The summed E-state index contributed by atoms with van der Waals surface area (Å²) >= 11 is 18.4. The monoisotopic (exact) mass is 344 g/mol. The average Bonchev–Trinajstić information content (AvgIpc) is 2.49. The van der Waals surface area contributed by atoms with E-state index in [-0.39, 0.29) is 13.2 Å². The van der Waals surface area contributed by atoms with Gasteiger partial charge in [-0.15, -0.1) is 0 Å². The first kappa shape index (κ1) is 16.6. The number of aliphatic hydroxyl groups excluding tert-OH is 2. The standard InChI is InChI=1S/C16H15Cl3O2/c17-12-5-6-14(18)11(7-12)8-16(9-20,10-21)13-3-1-2-4-15(13)19/h1-7,20-21H,8-10H2. The van der Waals surface area contributed by atoms with Gasteiger partial charge >= 0.3 is 0 Å². The summed E-state index contributed by atoms with van der Waals surface area (Å²) in [5.74, 6) is 0. The fraction of sp³-hybridized carbons (Fsp3) is 0.250. The number of aliphatic hydroxyl groups is 2. The van der Waals surface area contributed by atoms with E-state index in [1.165, 1.54) is 0 Å². The minimum absolute atomic E-state index is 0.254. The molecule has 0 bridgehead atoms. The zero-order valence-electron chi connectivity index (χ0n) is 11.2. The summed E-state index contributed by atoms with van der Waals surface area (Å²) < 4.78 is 0. The molecule has 0 spiro atoms. The molecule has 2 rings (SSSR count). The van der Waals surface area contributed by atoms with Crippen molar-refractivity contribution in [3.05, 3.63) is 68.7 Å². The van der Waals surface area contributed by atoms with Gasteiger partial charge in [0.05, 0.1) is 13.2 Å². The smallest absolute Gasteiger partial charge is 0.0553 e. The number of halogens is 3. The largest absolute Gasteiger partial charge is 0.395 e. The van der Waals surface area contributed by atoms with Crippen molar-refractivity contribution in [1.82, 2.24) is 0 Å². The average molecular weight is 346 g/mol. The topological polar surface area (TPSA) is 40.5 Å². The molecule has 0 atom stereocenters. The van der Waals surface area contributed by atoms with Crippen LogP contribution < -0.4 is 0 Å². The maximum atomic E-state index is 9.88. The Morgan fingerprint density at radius 2 is 1.52 bits per heavy atom. The van der Waals surface area contributed by atoms with Gasteiger partial charge in [0.15, 0.2) is 0 Å². The molecule has 2 nitrogen and oxygen atoms in total. The molecule has 0 fully saturated rings. The highest BCUT2D eigenvalue weighted by molar-refractivity contribution is 6.33. The van der Waals surface area contributed by atoms with E-state index in [1.54, 1.807) is 36.4 Å². The third kappa shape index (κ3) is 3.53. The Hall–Kier alpha value is -0.770. The summed E-state index contributed by atoms with van der Waals surface area (Å²) in [5.41, 5.74) is 0.534. The highest BCUT2D eigenvalue weighted by atomic mass is 35.5. The lowest BCUT2D eigenvalue weighted by Crippen LogP contribution is -2.37. The molecule has 0 unspecified atom stereocenters. The molecule has 0 aliphatic heterocycles. The lowest BCUT2D eigenvalue weighted by Gasteiger charge is -2.31. The molecule has 112 valence electrons. The summed E-state index contributed by atoms with van der Waals surface area (Å²) in [6.07, 6.45) is 0.336. The van der Waals surface area contributed by atoms with Gasteiger partial charge in [-0.05, 0) is 41.8 Å². The highest BCUT2D eigenvalue weighted by Gasteiger charge is 2.33. The van der Waals surface area contributed by atoms with Crippen molar-refractivity contribution in [2.75, 3.05) is 13.2 Å². The molecule has 2 aromatic carbocycles. The summed E-state index contributed by atoms with van der Waals surface area (Å²) in [5, 5.41) is 21.4. The number of hydrogen-bond acceptors (Lipinski definition) is 2. The molecular formula is C16H15Cl3O2. The summed E-state index contributed by atoms with van der Waals surface area (Å²) in [7, 11) is 0. The summed E-state index contributed by atoms with van der Waals surface area (Å²) in [4.78, 5) is 0. The van der Waals surface area contributed by atoms with Gasteiger partial charge in [0.2, 0.25) is 0 Å². The normalized spacial score (nSPS) is 11.7. The predicted octanol–water partition coefficient (Wildman–Crippen LogP) is 4.11. The Labute approximate surface area is 138 Å². The van der Waals surface area contributed by atoms with E-state index in [2.05, 4.69) is 0 Å². The van der Waals surface area contributed by atoms with Crippen molar-refractivity contribution in [2.45, 2.75) is 11.8 Å². The van der Waals surface area contributed by atoms with Crippen LogP contribution in [-0.4, -0.2) is 23.4 Å². The van der Waals surface area contributed by atoms with Crippen molar-refractivity contribution >= 4 is 34.8 Å². The maximum Gasteiger partial charge on any atom is 0.0553 e. The molecule has 0 heterocycles. The highest BCUT2D eigenvalue weighted by Crippen LogP contribution is 2.35. The lowest BCUT2D eigenvalue weighted by molar-refractivity contribution is 0.116. The van der Waals surface area contributed by atoms with Crippen LogP contribution in [0.5, 0.6) is 0 Å². The first-order valence-corrected chi connectivity index (χ1v) is 7.56. The third-order valence-electron chi connectivity index (χ3n) is 3.59. The molecule has 21 heavy (non-hydrogen) atoms. The van der Waals surface area contributed by atoms with Crippen LogP contribution in [0.1, 0.15) is 11.1 Å². The second-order valence-corrected chi connectivity index (χ2v) is 6.24. The van der Waals surface area contributed by atoms with Gasteiger partial charge < -0.3 is 10.2 Å². The van der Waals surface area contributed by atoms with Crippen molar-refractivity contribution in [2.24, 2.45) is 0 Å². The second kappa shape index (κ2) is 6.99. The van der Waals surface area contributed by atoms with Crippen LogP contribution in [-0.2, 0) is 11.8 Å². The molecular weight excluding hydrogens is 331 g/mol. The first-order chi connectivity index (χ1) is 10.0. The summed E-state index contributed by atoms with van der Waals surface area (Å²) in [6, 6.07) is 12.3. The summed E-state index contributed by atoms with van der Waals surface area (Å²) in [6.45, 7) is -0.508. The van der Waals surface area contributed by atoms with E-state index in [1.807, 2.05) is 6.07 Å². The molecule has 0 saturated heterocycles. The maximum absolute atomic E-state index is 9.88. The van der Waals surface area contributed by atoms with Crippen LogP contribution in [0.3, 0.4) is 0 Å². The van der Waals surface area contributed by atoms with Gasteiger partial charge in [-0.1, -0.05) is 53.0 Å². The van der Waals surface area contributed by atoms with Crippen LogP contribution in [0.4, 0.5) is 0 Å². The van der Waals surface area contributed by atoms with Gasteiger partial charge in [-0.2, -0.15) is 0 Å². The van der Waals surface area contributed by atoms with E-state index >= 15 is 0 Å². The molecule has 0 saturated carbocycles. The Bertz CT molecular complexity index is 625. The van der Waals surface area contributed by atoms with Gasteiger partial charge in [0.25, 0.3) is 0 Å². The zero-order valence-corrected chi connectivity index (χ0v) is 13.5. The van der Waals surface area contributed by atoms with E-state index in [0.29, 0.717) is 27.1 Å². The lowest BCUT2D eigenvalue weighted by atomic mass is 9.76. The van der Waals surface area contributed by atoms with Gasteiger partial charge in [0.1, 0.15) is 0 Å². The Kier molecular flexibility index (Phi) is 5.53. The molecule has 5 heteroatoms.